The highest BCUT2D eigenvalue weighted by molar-refractivity contribution is 9.10. The monoisotopic (exact) mass is 341 g/mol. The van der Waals surface area contributed by atoms with E-state index in [1.54, 1.807) is 11.3 Å². The average Bonchev–Trinajstić information content (AvgIpc) is 3.07. The van der Waals surface area contributed by atoms with Crippen LogP contribution in [0, 0.1) is 5.92 Å². The molecule has 4 heteroatoms. The molecular weight excluding hydrogens is 330 g/mol. The number of rotatable bonds is 3. The summed E-state index contributed by atoms with van der Waals surface area (Å²) in [6, 6.07) is 10.4. The summed E-state index contributed by atoms with van der Waals surface area (Å²) < 4.78 is 1.03. The van der Waals surface area contributed by atoms with Crippen molar-refractivity contribution in [3.05, 3.63) is 44.7 Å². The van der Waals surface area contributed by atoms with Crippen molar-refractivity contribution in [2.75, 3.05) is 0 Å². The highest BCUT2D eigenvalue weighted by Crippen LogP contribution is 2.43. The summed E-state index contributed by atoms with van der Waals surface area (Å²) >= 11 is 11.3. The molecule has 2 N–H and O–H groups in total. The van der Waals surface area contributed by atoms with Crippen molar-refractivity contribution in [1.82, 2.24) is 0 Å². The van der Waals surface area contributed by atoms with Crippen LogP contribution < -0.4 is 5.73 Å². The maximum absolute atomic E-state index is 6.23. The zero-order valence-electron chi connectivity index (χ0n) is 9.70. The van der Waals surface area contributed by atoms with Crippen LogP contribution in [0.4, 0.5) is 0 Å². The fraction of sp³-hybridized carbons (Fsp3) is 0.286. The van der Waals surface area contributed by atoms with Crippen LogP contribution >= 0.6 is 38.9 Å². The largest absolute Gasteiger partial charge is 0.323 e. The molecule has 1 fully saturated rings. The Hall–Kier alpha value is -0.350. The van der Waals surface area contributed by atoms with E-state index in [0.717, 1.165) is 9.50 Å². The third-order valence-corrected chi connectivity index (χ3v) is 5.39. The Kier molecular flexibility index (Phi) is 3.50. The van der Waals surface area contributed by atoms with Crippen LogP contribution in [0.3, 0.4) is 0 Å². The lowest BCUT2D eigenvalue weighted by molar-refractivity contribution is 0.645. The Morgan fingerprint density at radius 1 is 1.28 bits per heavy atom. The first kappa shape index (κ1) is 12.7. The van der Waals surface area contributed by atoms with E-state index >= 15 is 0 Å². The van der Waals surface area contributed by atoms with Gasteiger partial charge in [-0.3, -0.25) is 0 Å². The second-order valence-electron chi connectivity index (χ2n) is 4.69. The molecule has 1 unspecified atom stereocenters. The van der Waals surface area contributed by atoms with Gasteiger partial charge in [0.15, 0.2) is 0 Å². The van der Waals surface area contributed by atoms with Crippen molar-refractivity contribution in [2.45, 2.75) is 18.9 Å². The molecule has 0 bridgehead atoms. The van der Waals surface area contributed by atoms with Crippen LogP contribution in [-0.2, 0) is 0 Å². The van der Waals surface area contributed by atoms with Crippen LogP contribution in [0.25, 0.3) is 10.4 Å². The van der Waals surface area contributed by atoms with Gasteiger partial charge in [0.05, 0.1) is 0 Å². The van der Waals surface area contributed by atoms with Crippen molar-refractivity contribution < 1.29 is 0 Å². The fourth-order valence-corrected chi connectivity index (χ4v) is 4.22. The summed E-state index contributed by atoms with van der Waals surface area (Å²) in [5, 5.41) is 0.747. The molecule has 0 amide bonds. The van der Waals surface area contributed by atoms with E-state index < -0.39 is 0 Å². The molecule has 18 heavy (non-hydrogen) atoms. The maximum Gasteiger partial charge on any atom is 0.0418 e. The molecule has 94 valence electrons. The zero-order chi connectivity index (χ0) is 12.7. The number of benzene rings is 1. The molecule has 1 heterocycles. The summed E-state index contributed by atoms with van der Waals surface area (Å²) in [5.41, 5.74) is 7.41. The standard InChI is InChI=1S/C14H13BrClNS/c15-11-7-9(16)3-4-10(11)12-5-6-13(18-12)14(17)8-1-2-8/h3-8,14H,1-2,17H2. The van der Waals surface area contributed by atoms with Crippen LogP contribution in [0.2, 0.25) is 5.02 Å². The smallest absolute Gasteiger partial charge is 0.0418 e. The van der Waals surface area contributed by atoms with Gasteiger partial charge in [-0.25, -0.2) is 0 Å². The van der Waals surface area contributed by atoms with E-state index in [-0.39, 0.29) is 6.04 Å². The van der Waals surface area contributed by atoms with E-state index in [2.05, 4.69) is 28.1 Å². The Morgan fingerprint density at radius 2 is 2.06 bits per heavy atom. The molecule has 1 nitrogen and oxygen atoms in total. The molecule has 0 spiro atoms. The molecule has 1 aromatic carbocycles. The summed E-state index contributed by atoms with van der Waals surface area (Å²) in [5.74, 6) is 0.699. The molecule has 0 saturated heterocycles. The Morgan fingerprint density at radius 3 is 2.72 bits per heavy atom. The minimum Gasteiger partial charge on any atom is -0.323 e. The number of thiophene rings is 1. The van der Waals surface area contributed by atoms with Gasteiger partial charge in [-0.05, 0) is 43.0 Å². The molecule has 2 aromatic rings. The molecule has 1 atom stereocenters. The molecule has 1 saturated carbocycles. The van der Waals surface area contributed by atoms with Gasteiger partial charge in [0.1, 0.15) is 0 Å². The maximum atomic E-state index is 6.23. The third-order valence-electron chi connectivity index (χ3n) is 3.28. The summed E-state index contributed by atoms with van der Waals surface area (Å²) in [6.07, 6.45) is 2.55. The fourth-order valence-electron chi connectivity index (χ4n) is 2.05. The van der Waals surface area contributed by atoms with Gasteiger partial charge in [0, 0.05) is 30.9 Å². The van der Waals surface area contributed by atoms with Crippen LogP contribution in [-0.4, -0.2) is 0 Å². The molecule has 1 aromatic heterocycles. The molecule has 3 rings (SSSR count). The van der Waals surface area contributed by atoms with E-state index in [4.69, 9.17) is 17.3 Å². The first-order valence-corrected chi connectivity index (χ1v) is 7.94. The van der Waals surface area contributed by atoms with E-state index in [1.807, 2.05) is 18.2 Å². The van der Waals surface area contributed by atoms with Gasteiger partial charge in [0.2, 0.25) is 0 Å². The predicted octanol–water partition coefficient (Wildman–Crippen LogP) is 5.24. The lowest BCUT2D eigenvalue weighted by atomic mass is 10.1. The first-order chi connectivity index (χ1) is 8.65. The summed E-state index contributed by atoms with van der Waals surface area (Å²) in [6.45, 7) is 0. The highest BCUT2D eigenvalue weighted by atomic mass is 79.9. The van der Waals surface area contributed by atoms with Crippen molar-refractivity contribution in [1.29, 1.82) is 0 Å². The van der Waals surface area contributed by atoms with Gasteiger partial charge in [0.25, 0.3) is 0 Å². The van der Waals surface area contributed by atoms with E-state index in [1.165, 1.54) is 28.2 Å². The number of hydrogen-bond donors (Lipinski definition) is 1. The third kappa shape index (κ3) is 2.50. The lowest BCUT2D eigenvalue weighted by Crippen LogP contribution is -2.10. The zero-order valence-corrected chi connectivity index (χ0v) is 12.9. The molecule has 1 aliphatic rings. The van der Waals surface area contributed by atoms with E-state index in [9.17, 15) is 0 Å². The van der Waals surface area contributed by atoms with Gasteiger partial charge < -0.3 is 5.73 Å². The summed E-state index contributed by atoms with van der Waals surface area (Å²) in [4.78, 5) is 2.53. The quantitative estimate of drug-likeness (QED) is 0.811. The second kappa shape index (κ2) is 4.97. The van der Waals surface area contributed by atoms with Crippen molar-refractivity contribution >= 4 is 38.9 Å². The minimum atomic E-state index is 0.217. The number of halogens is 2. The Bertz CT molecular complexity index is 577. The molecular formula is C14H13BrClNS. The Balaban J connectivity index is 1.92. The van der Waals surface area contributed by atoms with Gasteiger partial charge in [-0.1, -0.05) is 33.6 Å². The summed E-state index contributed by atoms with van der Waals surface area (Å²) in [7, 11) is 0. The van der Waals surface area contributed by atoms with Crippen molar-refractivity contribution in [3.63, 3.8) is 0 Å². The Labute approximate surface area is 124 Å². The predicted molar refractivity (Wildman–Crippen MR) is 82.1 cm³/mol. The second-order valence-corrected chi connectivity index (χ2v) is 7.10. The van der Waals surface area contributed by atoms with Gasteiger partial charge in [-0.15, -0.1) is 11.3 Å². The van der Waals surface area contributed by atoms with Crippen molar-refractivity contribution in [3.8, 4) is 10.4 Å². The molecule has 0 radical (unpaired) electrons. The van der Waals surface area contributed by atoms with Crippen LogP contribution in [0.15, 0.2) is 34.8 Å². The average molecular weight is 343 g/mol. The SMILES string of the molecule is NC(c1ccc(-c2ccc(Cl)cc2Br)s1)C1CC1. The number of hydrogen-bond acceptors (Lipinski definition) is 2. The van der Waals surface area contributed by atoms with Gasteiger partial charge in [-0.2, -0.15) is 0 Å². The molecule has 1 aliphatic carbocycles. The van der Waals surface area contributed by atoms with Crippen LogP contribution in [0.1, 0.15) is 23.8 Å². The molecule has 0 aliphatic heterocycles. The van der Waals surface area contributed by atoms with E-state index in [0.29, 0.717) is 5.92 Å². The first-order valence-electron chi connectivity index (χ1n) is 5.96. The van der Waals surface area contributed by atoms with Crippen LogP contribution in [0.5, 0.6) is 0 Å². The minimum absolute atomic E-state index is 0.217. The van der Waals surface area contributed by atoms with Crippen molar-refractivity contribution in [2.24, 2.45) is 11.7 Å². The highest BCUT2D eigenvalue weighted by Gasteiger charge is 2.30. The van der Waals surface area contributed by atoms with Gasteiger partial charge >= 0.3 is 0 Å². The normalized spacial score (nSPS) is 16.8. The lowest BCUT2D eigenvalue weighted by Gasteiger charge is -2.06. The topological polar surface area (TPSA) is 26.0 Å². The number of nitrogens with two attached hydrogens (primary N) is 1.